The Morgan fingerprint density at radius 1 is 0.769 bits per heavy atom. The fraction of sp³-hybridized carbons (Fsp3) is 0.387. The molecular formula is C31H32F4O4. The Morgan fingerprint density at radius 2 is 1.41 bits per heavy atom. The van der Waals surface area contributed by atoms with Crippen molar-refractivity contribution in [3.05, 3.63) is 82.9 Å². The number of carbonyl (C=O) groups excluding carboxylic acids is 1. The van der Waals surface area contributed by atoms with Gasteiger partial charge in [-0.15, -0.1) is 0 Å². The number of halogens is 4. The monoisotopic (exact) mass is 544 g/mol. The predicted octanol–water partition coefficient (Wildman–Crippen LogP) is 8.37. The second-order valence-electron chi connectivity index (χ2n) is 9.61. The van der Waals surface area contributed by atoms with Gasteiger partial charge in [-0.2, -0.15) is 8.78 Å². The predicted molar refractivity (Wildman–Crippen MR) is 140 cm³/mol. The van der Waals surface area contributed by atoms with E-state index in [0.29, 0.717) is 43.4 Å². The summed E-state index contributed by atoms with van der Waals surface area (Å²) in [4.78, 5) is 12.7. The van der Waals surface area contributed by atoms with E-state index in [1.165, 1.54) is 42.5 Å². The normalized spacial score (nSPS) is 17.1. The first-order valence-electron chi connectivity index (χ1n) is 13.4. The number of benzene rings is 3. The maximum absolute atomic E-state index is 14.8. The first-order chi connectivity index (χ1) is 18.8. The van der Waals surface area contributed by atoms with Crippen LogP contribution in [0.4, 0.5) is 17.6 Å². The van der Waals surface area contributed by atoms with Crippen molar-refractivity contribution in [2.45, 2.75) is 64.4 Å². The van der Waals surface area contributed by atoms with E-state index in [9.17, 15) is 22.4 Å². The molecule has 1 fully saturated rings. The number of ether oxygens (including phenoxy) is 3. The van der Waals surface area contributed by atoms with Crippen molar-refractivity contribution in [1.29, 1.82) is 0 Å². The maximum atomic E-state index is 14.8. The molecule has 1 aliphatic rings. The molecule has 0 saturated heterocycles. The third-order valence-corrected chi connectivity index (χ3v) is 7.00. The van der Waals surface area contributed by atoms with Gasteiger partial charge in [-0.3, -0.25) is 0 Å². The Kier molecular flexibility index (Phi) is 9.49. The van der Waals surface area contributed by atoms with Crippen LogP contribution in [0.1, 0.15) is 74.2 Å². The van der Waals surface area contributed by atoms with Crippen molar-refractivity contribution in [3.8, 4) is 22.6 Å². The van der Waals surface area contributed by atoms with E-state index in [1.807, 2.05) is 6.92 Å². The Hall–Kier alpha value is -3.55. The number of carbonyl (C=O) groups is 1. The molecule has 0 aromatic heterocycles. The first-order valence-corrected chi connectivity index (χ1v) is 13.4. The minimum absolute atomic E-state index is 0.0541. The summed E-state index contributed by atoms with van der Waals surface area (Å²) < 4.78 is 74.1. The number of hydrogen-bond donors (Lipinski definition) is 0. The van der Waals surface area contributed by atoms with Gasteiger partial charge in [0.25, 0.3) is 0 Å². The van der Waals surface area contributed by atoms with Crippen LogP contribution in [0.25, 0.3) is 11.1 Å². The van der Waals surface area contributed by atoms with Gasteiger partial charge in [0.05, 0.1) is 18.8 Å². The minimum atomic E-state index is -1.06. The van der Waals surface area contributed by atoms with Crippen molar-refractivity contribution in [1.82, 2.24) is 0 Å². The molecule has 1 aliphatic carbocycles. The van der Waals surface area contributed by atoms with E-state index in [-0.39, 0.29) is 41.3 Å². The second-order valence-corrected chi connectivity index (χ2v) is 9.61. The van der Waals surface area contributed by atoms with Gasteiger partial charge in [0.1, 0.15) is 6.10 Å². The maximum Gasteiger partial charge on any atom is 0.338 e. The third-order valence-electron chi connectivity index (χ3n) is 7.00. The largest absolute Gasteiger partial charge is 0.491 e. The molecule has 1 saturated carbocycles. The van der Waals surface area contributed by atoms with Gasteiger partial charge in [-0.1, -0.05) is 31.5 Å². The van der Waals surface area contributed by atoms with E-state index in [0.717, 1.165) is 12.8 Å². The molecule has 208 valence electrons. The molecule has 0 bridgehead atoms. The molecular weight excluding hydrogens is 512 g/mol. The van der Waals surface area contributed by atoms with Crippen molar-refractivity contribution in [2.75, 3.05) is 13.2 Å². The van der Waals surface area contributed by atoms with Crippen molar-refractivity contribution in [2.24, 2.45) is 0 Å². The molecule has 3 aromatic rings. The fourth-order valence-corrected chi connectivity index (χ4v) is 4.82. The van der Waals surface area contributed by atoms with Crippen LogP contribution < -0.4 is 9.47 Å². The van der Waals surface area contributed by atoms with Crippen LogP contribution in [0, 0.1) is 23.3 Å². The smallest absolute Gasteiger partial charge is 0.338 e. The highest BCUT2D eigenvalue weighted by Gasteiger charge is 2.29. The van der Waals surface area contributed by atoms with Crippen molar-refractivity contribution >= 4 is 5.97 Å². The van der Waals surface area contributed by atoms with Crippen LogP contribution in [-0.4, -0.2) is 25.3 Å². The van der Waals surface area contributed by atoms with Crippen LogP contribution in [0.3, 0.4) is 0 Å². The van der Waals surface area contributed by atoms with E-state index in [4.69, 9.17) is 14.2 Å². The average Bonchev–Trinajstić information content (AvgIpc) is 2.95. The minimum Gasteiger partial charge on any atom is -0.491 e. The summed E-state index contributed by atoms with van der Waals surface area (Å²) in [6, 6.07) is 11.9. The lowest BCUT2D eigenvalue weighted by Gasteiger charge is -2.29. The summed E-state index contributed by atoms with van der Waals surface area (Å²) >= 11 is 0. The second kappa shape index (κ2) is 13.0. The van der Waals surface area contributed by atoms with E-state index >= 15 is 0 Å². The fourth-order valence-electron chi connectivity index (χ4n) is 4.82. The zero-order chi connectivity index (χ0) is 27.9. The summed E-state index contributed by atoms with van der Waals surface area (Å²) in [5.74, 6) is -4.88. The molecule has 8 heteroatoms. The molecule has 4 nitrogen and oxygen atoms in total. The zero-order valence-electron chi connectivity index (χ0n) is 22.1. The van der Waals surface area contributed by atoms with Gasteiger partial charge < -0.3 is 14.2 Å². The van der Waals surface area contributed by atoms with Crippen molar-refractivity contribution in [3.63, 3.8) is 0 Å². The molecule has 0 spiro atoms. The number of rotatable bonds is 10. The van der Waals surface area contributed by atoms with Gasteiger partial charge in [-0.05, 0) is 86.4 Å². The number of esters is 1. The van der Waals surface area contributed by atoms with Crippen LogP contribution in [0.2, 0.25) is 0 Å². The lowest BCUT2D eigenvalue weighted by Crippen LogP contribution is -2.24. The lowest BCUT2D eigenvalue weighted by molar-refractivity contribution is 0.0194. The highest BCUT2D eigenvalue weighted by molar-refractivity contribution is 5.90. The zero-order valence-corrected chi connectivity index (χ0v) is 22.1. The van der Waals surface area contributed by atoms with Gasteiger partial charge in [-0.25, -0.2) is 13.6 Å². The molecule has 4 rings (SSSR count). The lowest BCUT2D eigenvalue weighted by atomic mass is 9.82. The number of hydrogen-bond acceptors (Lipinski definition) is 4. The van der Waals surface area contributed by atoms with Gasteiger partial charge in [0, 0.05) is 5.56 Å². The van der Waals surface area contributed by atoms with E-state index in [1.54, 1.807) is 13.0 Å². The summed E-state index contributed by atoms with van der Waals surface area (Å²) in [6.07, 6.45) is 3.43. The van der Waals surface area contributed by atoms with Crippen molar-refractivity contribution < 1.29 is 36.6 Å². The van der Waals surface area contributed by atoms with Crippen LogP contribution in [0.15, 0.2) is 48.5 Å². The molecule has 39 heavy (non-hydrogen) atoms. The highest BCUT2D eigenvalue weighted by Crippen LogP contribution is 2.38. The Bertz CT molecular complexity index is 1280. The Morgan fingerprint density at radius 3 is 2.08 bits per heavy atom. The molecule has 0 amide bonds. The Labute approximate surface area is 225 Å². The molecule has 3 aromatic carbocycles. The van der Waals surface area contributed by atoms with Gasteiger partial charge >= 0.3 is 5.97 Å². The molecule has 0 N–H and O–H groups in total. The van der Waals surface area contributed by atoms with Gasteiger partial charge in [0.2, 0.25) is 11.6 Å². The quantitative estimate of drug-likeness (QED) is 0.146. The first kappa shape index (κ1) is 28.5. The average molecular weight is 545 g/mol. The third kappa shape index (κ3) is 6.54. The SMILES string of the molecule is CCCCOc1ccc(C2CCC(OC(=O)c3ccc(-c4ccc(OCC)c(F)c4F)cc3)CC2)c(F)c1F. The summed E-state index contributed by atoms with van der Waals surface area (Å²) in [7, 11) is 0. The topological polar surface area (TPSA) is 44.8 Å². The van der Waals surface area contributed by atoms with E-state index in [2.05, 4.69) is 0 Å². The Balaban J connectivity index is 1.34. The molecule has 0 radical (unpaired) electrons. The molecule has 0 atom stereocenters. The standard InChI is InChI=1S/C31H32F4O4/c1-3-5-18-38-26-17-15-24(28(33)30(26)35)20-10-12-22(13-11-20)39-31(36)21-8-6-19(7-9-21)23-14-16-25(37-4-2)29(34)27(23)32/h6-9,14-17,20,22H,3-5,10-13,18H2,1-2H3. The highest BCUT2D eigenvalue weighted by atomic mass is 19.2. The van der Waals surface area contributed by atoms with E-state index < -0.39 is 29.2 Å². The molecule has 0 unspecified atom stereocenters. The summed E-state index contributed by atoms with van der Waals surface area (Å²) in [5.41, 5.74) is 1.05. The van der Waals surface area contributed by atoms with Gasteiger partial charge in [0.15, 0.2) is 23.1 Å². The van der Waals surface area contributed by atoms with Crippen LogP contribution in [0.5, 0.6) is 11.5 Å². The molecule has 0 aliphatic heterocycles. The molecule has 0 heterocycles. The summed E-state index contributed by atoms with van der Waals surface area (Å²) in [6.45, 7) is 4.22. The van der Waals surface area contributed by atoms with Crippen LogP contribution in [-0.2, 0) is 4.74 Å². The van der Waals surface area contributed by atoms with Crippen LogP contribution >= 0.6 is 0 Å². The number of unbranched alkanes of at least 4 members (excludes halogenated alkanes) is 1. The summed E-state index contributed by atoms with van der Waals surface area (Å²) in [5, 5.41) is 0.